The van der Waals surface area contributed by atoms with Gasteiger partial charge in [-0.2, -0.15) is 0 Å². The number of carbonyl (C=O) groups is 1. The molecule has 146 valence electrons. The zero-order chi connectivity index (χ0) is 19.8. The molecule has 0 radical (unpaired) electrons. The third-order valence-electron chi connectivity index (χ3n) is 4.42. The minimum atomic E-state index is -0.173. The number of nitrogens with one attached hydrogen (secondary N) is 1. The predicted molar refractivity (Wildman–Crippen MR) is 110 cm³/mol. The number of rotatable bonds is 10. The number of para-hydroxylation sites is 4. The van der Waals surface area contributed by atoms with Crippen molar-refractivity contribution >= 4 is 16.9 Å². The van der Waals surface area contributed by atoms with E-state index < -0.39 is 0 Å². The monoisotopic (exact) mass is 379 g/mol. The van der Waals surface area contributed by atoms with Gasteiger partial charge < -0.3 is 19.4 Å². The van der Waals surface area contributed by atoms with E-state index in [4.69, 9.17) is 14.5 Å². The molecule has 0 unspecified atom stereocenters. The van der Waals surface area contributed by atoms with Crippen LogP contribution in [0, 0.1) is 0 Å². The number of amides is 1. The molecule has 1 aromatic heterocycles. The topological polar surface area (TPSA) is 65.4 Å². The highest BCUT2D eigenvalue weighted by Crippen LogP contribution is 2.26. The second-order valence-corrected chi connectivity index (χ2v) is 6.27. The van der Waals surface area contributed by atoms with Gasteiger partial charge in [0.1, 0.15) is 5.82 Å². The number of aromatic nitrogens is 2. The summed E-state index contributed by atoms with van der Waals surface area (Å²) in [6.45, 7) is 5.34. The molecule has 3 aromatic rings. The molecule has 0 saturated carbocycles. The van der Waals surface area contributed by atoms with Crippen LogP contribution >= 0.6 is 0 Å². The molecule has 1 N–H and O–H groups in total. The van der Waals surface area contributed by atoms with Crippen molar-refractivity contribution in [2.45, 2.75) is 19.4 Å². The summed E-state index contributed by atoms with van der Waals surface area (Å²) in [7, 11) is 1.64. The number of fused-ring (bicyclic) bond motifs is 1. The summed E-state index contributed by atoms with van der Waals surface area (Å²) in [5.41, 5.74) is 2.04. The van der Waals surface area contributed by atoms with Crippen LogP contribution in [0.15, 0.2) is 61.2 Å². The summed E-state index contributed by atoms with van der Waals surface area (Å²) in [6.07, 6.45) is 2.75. The number of nitrogens with zero attached hydrogens (tertiary/aromatic N) is 2. The third-order valence-corrected chi connectivity index (χ3v) is 4.42. The second-order valence-electron chi connectivity index (χ2n) is 6.27. The van der Waals surface area contributed by atoms with Crippen molar-refractivity contribution in [3.05, 3.63) is 67.0 Å². The Hall–Kier alpha value is -3.28. The van der Waals surface area contributed by atoms with E-state index in [0.717, 1.165) is 41.3 Å². The van der Waals surface area contributed by atoms with E-state index in [1.165, 1.54) is 6.08 Å². The molecule has 0 atom stereocenters. The molecule has 3 rings (SSSR count). The minimum absolute atomic E-state index is 0.173. The Morgan fingerprint density at radius 2 is 1.93 bits per heavy atom. The van der Waals surface area contributed by atoms with Crippen molar-refractivity contribution < 1.29 is 14.3 Å². The normalized spacial score (nSPS) is 10.6. The standard InChI is InChI=1S/C22H25N3O3/c1-3-22(26)23-14-13-21-24-17-9-4-5-10-18(17)25(21)15-8-16-28-20-12-7-6-11-19(20)27-2/h3-7,9-12H,1,8,13-16H2,2H3,(H,23,26). The fraction of sp³-hybridized carbons (Fsp3) is 0.273. The number of aryl methyl sites for hydroxylation is 1. The van der Waals surface area contributed by atoms with Crippen molar-refractivity contribution in [2.75, 3.05) is 20.3 Å². The van der Waals surface area contributed by atoms with Gasteiger partial charge in [0.05, 0.1) is 24.8 Å². The molecule has 2 aromatic carbocycles. The van der Waals surface area contributed by atoms with Gasteiger partial charge in [0.25, 0.3) is 0 Å². The van der Waals surface area contributed by atoms with E-state index in [9.17, 15) is 4.79 Å². The van der Waals surface area contributed by atoms with Gasteiger partial charge in [0, 0.05) is 19.5 Å². The zero-order valence-electron chi connectivity index (χ0n) is 16.1. The van der Waals surface area contributed by atoms with E-state index >= 15 is 0 Å². The van der Waals surface area contributed by atoms with Gasteiger partial charge in [-0.3, -0.25) is 4.79 Å². The number of ether oxygens (including phenoxy) is 2. The molecule has 1 amide bonds. The highest BCUT2D eigenvalue weighted by molar-refractivity contribution is 5.86. The van der Waals surface area contributed by atoms with Gasteiger partial charge >= 0.3 is 0 Å². The molecule has 28 heavy (non-hydrogen) atoms. The summed E-state index contributed by atoms with van der Waals surface area (Å²) in [5, 5.41) is 2.80. The molecule has 1 heterocycles. The summed E-state index contributed by atoms with van der Waals surface area (Å²) in [6, 6.07) is 15.7. The van der Waals surface area contributed by atoms with Gasteiger partial charge in [0.2, 0.25) is 5.91 Å². The molecule has 0 aliphatic carbocycles. The van der Waals surface area contributed by atoms with Gasteiger partial charge in [-0.05, 0) is 36.8 Å². The molecule has 0 aliphatic rings. The van der Waals surface area contributed by atoms with Gasteiger partial charge in [-0.15, -0.1) is 0 Å². The lowest BCUT2D eigenvalue weighted by molar-refractivity contribution is -0.116. The Kier molecular flexibility index (Phi) is 6.68. The Balaban J connectivity index is 1.64. The fourth-order valence-corrected chi connectivity index (χ4v) is 3.08. The quantitative estimate of drug-likeness (QED) is 0.433. The van der Waals surface area contributed by atoms with Crippen LogP contribution in [0.1, 0.15) is 12.2 Å². The smallest absolute Gasteiger partial charge is 0.243 e. The molecule has 6 heteroatoms. The lowest BCUT2D eigenvalue weighted by Crippen LogP contribution is -2.24. The van der Waals surface area contributed by atoms with Crippen LogP contribution in [0.2, 0.25) is 0 Å². The number of benzene rings is 2. The average molecular weight is 379 g/mol. The summed E-state index contributed by atoms with van der Waals surface area (Å²) in [5.74, 6) is 2.25. The molecular weight excluding hydrogens is 354 g/mol. The van der Waals surface area contributed by atoms with Crippen molar-refractivity contribution in [1.29, 1.82) is 0 Å². The first-order valence-electron chi connectivity index (χ1n) is 9.33. The highest BCUT2D eigenvalue weighted by Gasteiger charge is 2.11. The number of hydrogen-bond acceptors (Lipinski definition) is 4. The fourth-order valence-electron chi connectivity index (χ4n) is 3.08. The van der Waals surface area contributed by atoms with Crippen LogP contribution in [0.5, 0.6) is 11.5 Å². The lowest BCUT2D eigenvalue weighted by atomic mass is 10.3. The van der Waals surface area contributed by atoms with Gasteiger partial charge in [-0.1, -0.05) is 30.8 Å². The summed E-state index contributed by atoms with van der Waals surface area (Å²) < 4.78 is 13.4. The predicted octanol–water partition coefficient (Wildman–Crippen LogP) is 3.36. The molecule has 0 aliphatic heterocycles. The van der Waals surface area contributed by atoms with Crippen LogP contribution in [0.25, 0.3) is 11.0 Å². The largest absolute Gasteiger partial charge is 0.493 e. The van der Waals surface area contributed by atoms with E-state index in [-0.39, 0.29) is 5.91 Å². The van der Waals surface area contributed by atoms with Crippen LogP contribution in [0.4, 0.5) is 0 Å². The Labute approximate surface area is 164 Å². The van der Waals surface area contributed by atoms with Crippen LogP contribution in [-0.4, -0.2) is 35.7 Å². The van der Waals surface area contributed by atoms with Gasteiger partial charge in [0.15, 0.2) is 11.5 Å². The summed E-state index contributed by atoms with van der Waals surface area (Å²) in [4.78, 5) is 16.1. The van der Waals surface area contributed by atoms with Gasteiger partial charge in [-0.25, -0.2) is 4.98 Å². The number of carbonyl (C=O) groups excluding carboxylic acids is 1. The SMILES string of the molecule is C=CC(=O)NCCc1nc2ccccc2n1CCCOc1ccccc1OC. The van der Waals surface area contributed by atoms with E-state index in [1.807, 2.05) is 42.5 Å². The zero-order valence-corrected chi connectivity index (χ0v) is 16.1. The molecule has 6 nitrogen and oxygen atoms in total. The van der Waals surface area contributed by atoms with Crippen molar-refractivity contribution in [3.8, 4) is 11.5 Å². The number of imidazole rings is 1. The van der Waals surface area contributed by atoms with E-state index in [0.29, 0.717) is 19.6 Å². The minimum Gasteiger partial charge on any atom is -0.493 e. The van der Waals surface area contributed by atoms with Crippen molar-refractivity contribution in [2.24, 2.45) is 0 Å². The first-order chi connectivity index (χ1) is 13.7. The first kappa shape index (κ1) is 19.5. The van der Waals surface area contributed by atoms with Crippen LogP contribution in [0.3, 0.4) is 0 Å². The summed E-state index contributed by atoms with van der Waals surface area (Å²) >= 11 is 0. The molecule has 0 fully saturated rings. The van der Waals surface area contributed by atoms with Crippen molar-refractivity contribution in [3.63, 3.8) is 0 Å². The molecule has 0 bridgehead atoms. The first-order valence-corrected chi connectivity index (χ1v) is 9.33. The van der Waals surface area contributed by atoms with E-state index in [1.54, 1.807) is 7.11 Å². The maximum atomic E-state index is 11.4. The van der Waals surface area contributed by atoms with Crippen molar-refractivity contribution in [1.82, 2.24) is 14.9 Å². The highest BCUT2D eigenvalue weighted by atomic mass is 16.5. The average Bonchev–Trinajstić information content (AvgIpc) is 3.08. The third kappa shape index (κ3) is 4.71. The Morgan fingerprint density at radius 3 is 2.71 bits per heavy atom. The van der Waals surface area contributed by atoms with Crippen LogP contribution < -0.4 is 14.8 Å². The number of methoxy groups -OCH3 is 1. The number of hydrogen-bond donors (Lipinski definition) is 1. The lowest BCUT2D eigenvalue weighted by Gasteiger charge is -2.12. The second kappa shape index (κ2) is 9.60. The maximum absolute atomic E-state index is 11.4. The van der Waals surface area contributed by atoms with E-state index in [2.05, 4.69) is 22.5 Å². The maximum Gasteiger partial charge on any atom is 0.243 e. The van der Waals surface area contributed by atoms with Crippen LogP contribution in [-0.2, 0) is 17.8 Å². The Morgan fingerprint density at radius 1 is 1.18 bits per heavy atom. The Bertz CT molecular complexity index is 949. The molecular formula is C22H25N3O3. The molecule has 0 saturated heterocycles. The molecule has 0 spiro atoms.